The second kappa shape index (κ2) is 5.01. The summed E-state index contributed by atoms with van der Waals surface area (Å²) >= 11 is 0. The first kappa shape index (κ1) is 13.2. The molecule has 0 aromatic carbocycles. The number of carbonyl (C=O) groups excluding carboxylic acids is 1. The average molecular weight is 240 g/mol. The summed E-state index contributed by atoms with van der Waals surface area (Å²) < 4.78 is 5.07. The van der Waals surface area contributed by atoms with Gasteiger partial charge in [0.2, 0.25) is 11.7 Å². The number of aromatic carboxylic acids is 1. The van der Waals surface area contributed by atoms with E-state index in [1.165, 1.54) is 6.07 Å². The molecule has 4 N–H and O–H groups in total. The summed E-state index contributed by atoms with van der Waals surface area (Å²) in [6.07, 6.45) is 0.194. The number of hydrogen-bond donors (Lipinski definition) is 3. The number of primary amides is 1. The largest absolute Gasteiger partial charge is 0.475 e. The summed E-state index contributed by atoms with van der Waals surface area (Å²) in [6.45, 7) is 4.01. The van der Waals surface area contributed by atoms with Gasteiger partial charge in [-0.1, -0.05) is 0 Å². The molecule has 94 valence electrons. The molecule has 0 aliphatic rings. The summed E-state index contributed by atoms with van der Waals surface area (Å²) in [4.78, 5) is 21.4. The van der Waals surface area contributed by atoms with E-state index in [1.54, 1.807) is 6.07 Å². The Morgan fingerprint density at radius 1 is 1.47 bits per heavy atom. The number of nitrogens with two attached hydrogens (primary N) is 1. The van der Waals surface area contributed by atoms with Crippen LogP contribution >= 0.6 is 0 Å². The van der Waals surface area contributed by atoms with Crippen molar-refractivity contribution in [3.8, 4) is 0 Å². The highest BCUT2D eigenvalue weighted by Gasteiger charge is 2.20. The van der Waals surface area contributed by atoms with Gasteiger partial charge >= 0.3 is 5.97 Å². The second-order valence-electron chi connectivity index (χ2n) is 4.45. The van der Waals surface area contributed by atoms with Gasteiger partial charge < -0.3 is 20.6 Å². The maximum absolute atomic E-state index is 10.8. The first-order valence-corrected chi connectivity index (χ1v) is 5.15. The molecule has 1 amide bonds. The molecule has 17 heavy (non-hydrogen) atoms. The van der Waals surface area contributed by atoms with E-state index < -0.39 is 17.4 Å². The average Bonchev–Trinajstić information content (AvgIpc) is 2.61. The molecule has 0 aliphatic carbocycles. The van der Waals surface area contributed by atoms with Crippen LogP contribution in [0.25, 0.3) is 0 Å². The highest BCUT2D eigenvalue weighted by molar-refractivity contribution is 5.84. The standard InChI is InChI=1S/C11H16N2O4/c1-11(2,5-9(12)14)13-6-7-3-4-8(17-7)10(15)16/h3-4,13H,5-6H2,1-2H3,(H2,12,14)(H,15,16). The lowest BCUT2D eigenvalue weighted by molar-refractivity contribution is -0.119. The van der Waals surface area contributed by atoms with Crippen molar-refractivity contribution in [2.24, 2.45) is 5.73 Å². The van der Waals surface area contributed by atoms with Crippen molar-refractivity contribution in [3.63, 3.8) is 0 Å². The molecule has 0 unspecified atom stereocenters. The maximum atomic E-state index is 10.8. The van der Waals surface area contributed by atoms with E-state index in [9.17, 15) is 9.59 Å². The van der Waals surface area contributed by atoms with Crippen molar-refractivity contribution in [2.45, 2.75) is 32.4 Å². The van der Waals surface area contributed by atoms with Crippen LogP contribution in [0.1, 0.15) is 36.6 Å². The molecule has 1 aromatic rings. The second-order valence-corrected chi connectivity index (χ2v) is 4.45. The number of furan rings is 1. The van der Waals surface area contributed by atoms with Crippen LogP contribution in [0.4, 0.5) is 0 Å². The molecule has 0 fully saturated rings. The topological polar surface area (TPSA) is 106 Å². The zero-order valence-corrected chi connectivity index (χ0v) is 9.82. The van der Waals surface area contributed by atoms with Crippen molar-refractivity contribution in [3.05, 3.63) is 23.7 Å². The molecule has 1 rings (SSSR count). The van der Waals surface area contributed by atoms with Crippen LogP contribution in [0.5, 0.6) is 0 Å². The lowest BCUT2D eigenvalue weighted by atomic mass is 10.0. The number of carboxylic acids is 1. The van der Waals surface area contributed by atoms with Gasteiger partial charge in [0.15, 0.2) is 0 Å². The van der Waals surface area contributed by atoms with Crippen LogP contribution in [0.2, 0.25) is 0 Å². The van der Waals surface area contributed by atoms with E-state index in [-0.39, 0.29) is 12.2 Å². The Morgan fingerprint density at radius 3 is 2.59 bits per heavy atom. The van der Waals surface area contributed by atoms with Gasteiger partial charge in [-0.3, -0.25) is 4.79 Å². The quantitative estimate of drug-likeness (QED) is 0.679. The highest BCUT2D eigenvalue weighted by atomic mass is 16.4. The molecule has 0 radical (unpaired) electrons. The molecule has 1 aromatic heterocycles. The third-order valence-corrected chi connectivity index (χ3v) is 2.23. The maximum Gasteiger partial charge on any atom is 0.371 e. The smallest absolute Gasteiger partial charge is 0.371 e. The normalized spacial score (nSPS) is 11.4. The van der Waals surface area contributed by atoms with E-state index in [1.807, 2.05) is 13.8 Å². The molecule has 0 atom stereocenters. The van der Waals surface area contributed by atoms with E-state index in [0.29, 0.717) is 12.3 Å². The Labute approximate surface area is 98.8 Å². The summed E-state index contributed by atoms with van der Waals surface area (Å²) in [5.41, 5.74) is 4.65. The number of amides is 1. The molecule has 0 bridgehead atoms. The lowest BCUT2D eigenvalue weighted by Crippen LogP contribution is -2.42. The first-order valence-electron chi connectivity index (χ1n) is 5.15. The van der Waals surface area contributed by atoms with Gasteiger partial charge in [0, 0.05) is 12.0 Å². The van der Waals surface area contributed by atoms with Gasteiger partial charge in [-0.05, 0) is 26.0 Å². The molecule has 0 aliphatic heterocycles. The third kappa shape index (κ3) is 4.28. The number of hydrogen-bond acceptors (Lipinski definition) is 4. The molecule has 6 nitrogen and oxygen atoms in total. The fraction of sp³-hybridized carbons (Fsp3) is 0.455. The Kier molecular flexibility index (Phi) is 3.90. The summed E-state index contributed by atoms with van der Waals surface area (Å²) in [5.74, 6) is -1.10. The molecule has 1 heterocycles. The van der Waals surface area contributed by atoms with Gasteiger partial charge in [0.25, 0.3) is 0 Å². The van der Waals surface area contributed by atoms with Gasteiger partial charge in [-0.2, -0.15) is 0 Å². The summed E-state index contributed by atoms with van der Waals surface area (Å²) in [6, 6.07) is 2.97. The molecule has 0 spiro atoms. The Bertz CT molecular complexity index is 423. The zero-order chi connectivity index (χ0) is 13.1. The summed E-state index contributed by atoms with van der Waals surface area (Å²) in [5, 5.41) is 11.7. The molecule has 0 saturated carbocycles. The molecular weight excluding hydrogens is 224 g/mol. The number of rotatable bonds is 6. The number of nitrogens with one attached hydrogen (secondary N) is 1. The predicted molar refractivity (Wildman–Crippen MR) is 60.4 cm³/mol. The van der Waals surface area contributed by atoms with Crippen molar-refractivity contribution in [1.29, 1.82) is 0 Å². The minimum absolute atomic E-state index is 0.102. The minimum Gasteiger partial charge on any atom is -0.475 e. The number of carboxylic acid groups (broad SMARTS) is 1. The molecular formula is C11H16N2O4. The van der Waals surface area contributed by atoms with Crippen LogP contribution in [0, 0.1) is 0 Å². The highest BCUT2D eigenvalue weighted by Crippen LogP contribution is 2.12. The van der Waals surface area contributed by atoms with Crippen LogP contribution in [-0.4, -0.2) is 22.5 Å². The third-order valence-electron chi connectivity index (χ3n) is 2.23. The lowest BCUT2D eigenvalue weighted by Gasteiger charge is -2.24. The fourth-order valence-electron chi connectivity index (χ4n) is 1.41. The van der Waals surface area contributed by atoms with E-state index in [2.05, 4.69) is 5.32 Å². The van der Waals surface area contributed by atoms with Crippen LogP contribution in [0.15, 0.2) is 16.5 Å². The monoisotopic (exact) mass is 240 g/mol. The Hall–Kier alpha value is -1.82. The van der Waals surface area contributed by atoms with Gasteiger partial charge in [0.1, 0.15) is 5.76 Å². The zero-order valence-electron chi connectivity index (χ0n) is 9.82. The van der Waals surface area contributed by atoms with Gasteiger partial charge in [0.05, 0.1) is 6.54 Å². The van der Waals surface area contributed by atoms with Crippen molar-refractivity contribution >= 4 is 11.9 Å². The SMILES string of the molecule is CC(C)(CC(N)=O)NCc1ccc(C(=O)O)o1. The van der Waals surface area contributed by atoms with Crippen LogP contribution in [-0.2, 0) is 11.3 Å². The molecule has 0 saturated heterocycles. The van der Waals surface area contributed by atoms with E-state index >= 15 is 0 Å². The number of carbonyl (C=O) groups is 2. The van der Waals surface area contributed by atoms with Crippen molar-refractivity contribution < 1.29 is 19.1 Å². The Balaban J connectivity index is 2.54. The van der Waals surface area contributed by atoms with E-state index in [4.69, 9.17) is 15.3 Å². The predicted octanol–water partition coefficient (Wildman–Crippen LogP) is 0.721. The fourth-order valence-corrected chi connectivity index (χ4v) is 1.41. The van der Waals surface area contributed by atoms with Gasteiger partial charge in [-0.15, -0.1) is 0 Å². The first-order chi connectivity index (χ1) is 7.80. The van der Waals surface area contributed by atoms with Gasteiger partial charge in [-0.25, -0.2) is 4.79 Å². The Morgan fingerprint density at radius 2 is 2.12 bits per heavy atom. The van der Waals surface area contributed by atoms with E-state index in [0.717, 1.165) is 0 Å². The van der Waals surface area contributed by atoms with Crippen LogP contribution in [0.3, 0.4) is 0 Å². The van der Waals surface area contributed by atoms with Crippen molar-refractivity contribution in [1.82, 2.24) is 5.32 Å². The summed E-state index contributed by atoms with van der Waals surface area (Å²) in [7, 11) is 0. The molecule has 6 heteroatoms. The van der Waals surface area contributed by atoms with Crippen molar-refractivity contribution in [2.75, 3.05) is 0 Å². The van der Waals surface area contributed by atoms with Crippen LogP contribution < -0.4 is 11.1 Å². The minimum atomic E-state index is -1.10.